The molecule has 0 spiro atoms. The van der Waals surface area contributed by atoms with Crippen LogP contribution in [0.4, 0.5) is 0 Å². The minimum absolute atomic E-state index is 0.0314. The van der Waals surface area contributed by atoms with Crippen molar-refractivity contribution in [1.29, 1.82) is 0 Å². The highest BCUT2D eigenvalue weighted by Gasteiger charge is 2.24. The van der Waals surface area contributed by atoms with Gasteiger partial charge in [0.05, 0.1) is 17.9 Å². The first kappa shape index (κ1) is 14.5. The molecule has 1 saturated carbocycles. The summed E-state index contributed by atoms with van der Waals surface area (Å²) in [6.07, 6.45) is 10.1. The first-order valence-electron chi connectivity index (χ1n) is 7.69. The fourth-order valence-electron chi connectivity index (χ4n) is 2.61. The summed E-state index contributed by atoms with van der Waals surface area (Å²) in [7, 11) is 0. The van der Waals surface area contributed by atoms with Crippen molar-refractivity contribution >= 4 is 15.9 Å². The van der Waals surface area contributed by atoms with Gasteiger partial charge in [-0.25, -0.2) is 4.68 Å². The highest BCUT2D eigenvalue weighted by Crippen LogP contribution is 2.40. The molecule has 0 N–H and O–H groups in total. The predicted molar refractivity (Wildman–Crippen MR) is 91.0 cm³/mol. The van der Waals surface area contributed by atoms with Crippen molar-refractivity contribution in [3.63, 3.8) is 0 Å². The number of pyridine rings is 2. The highest BCUT2D eigenvalue weighted by molar-refractivity contribution is 9.10. The zero-order chi connectivity index (χ0) is 15.8. The lowest BCUT2D eigenvalue weighted by Crippen LogP contribution is -2.09. The summed E-state index contributed by atoms with van der Waals surface area (Å²) in [5.74, 6) is 0.684. The van der Waals surface area contributed by atoms with Crippen LogP contribution < -0.4 is 0 Å². The van der Waals surface area contributed by atoms with Crippen molar-refractivity contribution in [3.05, 3.63) is 58.7 Å². The quantitative estimate of drug-likeness (QED) is 0.697. The number of rotatable bonds is 4. The van der Waals surface area contributed by atoms with Gasteiger partial charge >= 0.3 is 0 Å². The van der Waals surface area contributed by atoms with Crippen LogP contribution in [0, 0.1) is 0 Å². The van der Waals surface area contributed by atoms with Crippen LogP contribution >= 0.6 is 15.9 Å². The van der Waals surface area contributed by atoms with Crippen LogP contribution in [0.2, 0.25) is 0 Å². The molecule has 0 amide bonds. The Bertz CT molecular complexity index is 823. The number of nitrogens with zero attached hydrogens (tertiary/aromatic N) is 5. The van der Waals surface area contributed by atoms with Gasteiger partial charge in [-0.1, -0.05) is 5.21 Å². The summed E-state index contributed by atoms with van der Waals surface area (Å²) in [6.45, 7) is 2.06. The molecule has 0 aromatic carbocycles. The average molecular weight is 370 g/mol. The molecule has 4 rings (SSSR count). The first-order valence-corrected chi connectivity index (χ1v) is 8.48. The Morgan fingerprint density at radius 3 is 2.83 bits per heavy atom. The molecule has 23 heavy (non-hydrogen) atoms. The van der Waals surface area contributed by atoms with E-state index in [1.807, 2.05) is 35.4 Å². The van der Waals surface area contributed by atoms with Crippen LogP contribution in [-0.2, 0) is 0 Å². The Labute approximate surface area is 142 Å². The molecule has 0 bridgehead atoms. The summed E-state index contributed by atoms with van der Waals surface area (Å²) in [6, 6.07) is 6.19. The molecule has 0 aliphatic heterocycles. The molecule has 0 saturated heterocycles. The van der Waals surface area contributed by atoms with Crippen molar-refractivity contribution in [2.45, 2.75) is 31.7 Å². The second kappa shape index (κ2) is 5.85. The third-order valence-electron chi connectivity index (χ3n) is 4.19. The Morgan fingerprint density at radius 1 is 1.22 bits per heavy atom. The van der Waals surface area contributed by atoms with E-state index < -0.39 is 0 Å². The summed E-state index contributed by atoms with van der Waals surface area (Å²) >= 11 is 3.40. The molecule has 116 valence electrons. The lowest BCUT2D eigenvalue weighted by atomic mass is 10.1. The SMILES string of the molecule is CC(c1ccc(Br)cn1)n1cc(-c2cncc(C3CC3)c2)nn1. The van der Waals surface area contributed by atoms with Crippen LogP contribution in [0.15, 0.2) is 47.5 Å². The standard InChI is InChI=1S/C17H16BrN5/c1-11(16-5-4-15(18)9-20-16)23-10-17(21-22-23)14-6-13(7-19-8-14)12-2-3-12/h4-12H,2-3H2,1H3. The molecule has 3 aromatic heterocycles. The monoisotopic (exact) mass is 369 g/mol. The van der Waals surface area contributed by atoms with E-state index in [2.05, 4.69) is 49.2 Å². The normalized spacial score (nSPS) is 15.6. The lowest BCUT2D eigenvalue weighted by molar-refractivity contribution is 0.531. The van der Waals surface area contributed by atoms with Gasteiger partial charge in [0.15, 0.2) is 0 Å². The van der Waals surface area contributed by atoms with Crippen LogP contribution in [-0.4, -0.2) is 25.0 Å². The zero-order valence-electron chi connectivity index (χ0n) is 12.7. The number of hydrogen-bond acceptors (Lipinski definition) is 4. The van der Waals surface area contributed by atoms with Crippen molar-refractivity contribution in [3.8, 4) is 11.3 Å². The topological polar surface area (TPSA) is 56.5 Å². The fourth-order valence-corrected chi connectivity index (χ4v) is 2.84. The van der Waals surface area contributed by atoms with Gasteiger partial charge in [-0.15, -0.1) is 5.10 Å². The molecule has 1 unspecified atom stereocenters. The van der Waals surface area contributed by atoms with Crippen LogP contribution in [0.5, 0.6) is 0 Å². The maximum Gasteiger partial charge on any atom is 0.114 e. The van der Waals surface area contributed by atoms with Crippen molar-refractivity contribution in [2.24, 2.45) is 0 Å². The van der Waals surface area contributed by atoms with Crippen molar-refractivity contribution < 1.29 is 0 Å². The fraction of sp³-hybridized carbons (Fsp3) is 0.294. The number of halogens is 1. The Kier molecular flexibility index (Phi) is 3.69. The molecule has 5 nitrogen and oxygen atoms in total. The largest absolute Gasteiger partial charge is 0.264 e. The second-order valence-electron chi connectivity index (χ2n) is 5.94. The smallest absolute Gasteiger partial charge is 0.114 e. The van der Waals surface area contributed by atoms with Gasteiger partial charge in [-0.05, 0) is 65.4 Å². The van der Waals surface area contributed by atoms with E-state index in [1.54, 1.807) is 6.20 Å². The summed E-state index contributed by atoms with van der Waals surface area (Å²) in [4.78, 5) is 8.78. The maximum atomic E-state index is 4.43. The average Bonchev–Trinajstić information content (AvgIpc) is 3.32. The Balaban J connectivity index is 1.61. The highest BCUT2D eigenvalue weighted by atomic mass is 79.9. The maximum absolute atomic E-state index is 4.43. The molecule has 3 aromatic rings. The van der Waals surface area contributed by atoms with E-state index in [-0.39, 0.29) is 6.04 Å². The van der Waals surface area contributed by atoms with Crippen LogP contribution in [0.1, 0.15) is 43.0 Å². The Morgan fingerprint density at radius 2 is 2.09 bits per heavy atom. The molecule has 6 heteroatoms. The molecule has 0 radical (unpaired) electrons. The van der Waals surface area contributed by atoms with Gasteiger partial charge in [0.25, 0.3) is 0 Å². The van der Waals surface area contributed by atoms with Gasteiger partial charge in [-0.2, -0.15) is 0 Å². The molecule has 1 atom stereocenters. The van der Waals surface area contributed by atoms with Gasteiger partial charge < -0.3 is 0 Å². The van der Waals surface area contributed by atoms with Gasteiger partial charge in [-0.3, -0.25) is 9.97 Å². The van der Waals surface area contributed by atoms with Crippen molar-refractivity contribution in [1.82, 2.24) is 25.0 Å². The summed E-state index contributed by atoms with van der Waals surface area (Å²) in [5.41, 5.74) is 4.13. The zero-order valence-corrected chi connectivity index (χ0v) is 14.3. The molecule has 1 fully saturated rings. The molecular weight excluding hydrogens is 354 g/mol. The molecule has 1 aliphatic carbocycles. The van der Waals surface area contributed by atoms with Gasteiger partial charge in [0.2, 0.25) is 0 Å². The van der Waals surface area contributed by atoms with Gasteiger partial charge in [0, 0.05) is 28.6 Å². The summed E-state index contributed by atoms with van der Waals surface area (Å²) < 4.78 is 2.81. The minimum Gasteiger partial charge on any atom is -0.264 e. The third kappa shape index (κ3) is 3.03. The van der Waals surface area contributed by atoms with Crippen LogP contribution in [0.25, 0.3) is 11.3 Å². The predicted octanol–water partition coefficient (Wildman–Crippen LogP) is 3.98. The van der Waals surface area contributed by atoms with E-state index in [9.17, 15) is 0 Å². The molecule has 3 heterocycles. The second-order valence-corrected chi connectivity index (χ2v) is 6.86. The van der Waals surface area contributed by atoms with E-state index in [0.29, 0.717) is 5.92 Å². The third-order valence-corrected chi connectivity index (χ3v) is 4.66. The first-order chi connectivity index (χ1) is 11.2. The van der Waals surface area contributed by atoms with E-state index in [0.717, 1.165) is 21.4 Å². The number of hydrogen-bond donors (Lipinski definition) is 0. The lowest BCUT2D eigenvalue weighted by Gasteiger charge is -2.10. The molecule has 1 aliphatic rings. The van der Waals surface area contributed by atoms with Gasteiger partial charge in [0.1, 0.15) is 5.69 Å². The van der Waals surface area contributed by atoms with E-state index in [4.69, 9.17) is 0 Å². The minimum atomic E-state index is 0.0314. The van der Waals surface area contributed by atoms with Crippen LogP contribution in [0.3, 0.4) is 0 Å². The van der Waals surface area contributed by atoms with Crippen molar-refractivity contribution in [2.75, 3.05) is 0 Å². The van der Waals surface area contributed by atoms with E-state index >= 15 is 0 Å². The Hall–Kier alpha value is -2.08. The van der Waals surface area contributed by atoms with E-state index in [1.165, 1.54) is 18.4 Å². The molecular formula is C17H16BrN5. The summed E-state index contributed by atoms with van der Waals surface area (Å²) in [5, 5.41) is 8.58. The number of aromatic nitrogens is 5.